The molecule has 3 aromatic rings. The van der Waals surface area contributed by atoms with Gasteiger partial charge in [0, 0.05) is 17.7 Å². The van der Waals surface area contributed by atoms with Crippen molar-refractivity contribution < 1.29 is 23.5 Å². The molecule has 2 N–H and O–H groups in total. The summed E-state index contributed by atoms with van der Waals surface area (Å²) in [4.78, 5) is 26.3. The molecule has 2 amide bonds. The molecule has 0 unspecified atom stereocenters. The number of carbonyl (C=O) groups is 2. The molecule has 0 aliphatic heterocycles. The van der Waals surface area contributed by atoms with Crippen LogP contribution in [0.25, 0.3) is 0 Å². The van der Waals surface area contributed by atoms with Crippen LogP contribution in [-0.2, 0) is 17.9 Å². The van der Waals surface area contributed by atoms with Crippen LogP contribution in [0.3, 0.4) is 0 Å². The van der Waals surface area contributed by atoms with Crippen molar-refractivity contribution in [3.05, 3.63) is 89.6 Å². The zero-order valence-corrected chi connectivity index (χ0v) is 15.0. The van der Waals surface area contributed by atoms with Gasteiger partial charge in [-0.15, -0.1) is 0 Å². The summed E-state index contributed by atoms with van der Waals surface area (Å²) in [6.07, 6.45) is 1.50. The lowest BCUT2D eigenvalue weighted by atomic mass is 10.2. The standard InChI is InChI=1S/C21H19FN2O4/c22-17-7-3-6-15(11-17)21(27)23-12-20(26)24(14-18-8-4-10-28-18)13-16-5-1-2-9-19(16)25/h1-11,25H,12-14H2,(H,23,27). The van der Waals surface area contributed by atoms with E-state index >= 15 is 0 Å². The maximum atomic E-state index is 13.3. The van der Waals surface area contributed by atoms with Gasteiger partial charge in [0.15, 0.2) is 0 Å². The normalized spacial score (nSPS) is 10.5. The lowest BCUT2D eigenvalue weighted by molar-refractivity contribution is -0.131. The molecule has 0 aliphatic carbocycles. The molecule has 6 nitrogen and oxygen atoms in total. The summed E-state index contributed by atoms with van der Waals surface area (Å²) in [6.45, 7) is 0.0433. The van der Waals surface area contributed by atoms with Gasteiger partial charge in [-0.25, -0.2) is 4.39 Å². The van der Waals surface area contributed by atoms with Crippen LogP contribution >= 0.6 is 0 Å². The van der Waals surface area contributed by atoms with Crippen molar-refractivity contribution >= 4 is 11.8 Å². The summed E-state index contributed by atoms with van der Waals surface area (Å²) < 4.78 is 18.6. The molecule has 0 atom stereocenters. The van der Waals surface area contributed by atoms with Crippen molar-refractivity contribution in [1.29, 1.82) is 0 Å². The highest BCUT2D eigenvalue weighted by atomic mass is 19.1. The number of hydrogen-bond donors (Lipinski definition) is 2. The number of halogens is 1. The zero-order chi connectivity index (χ0) is 19.9. The van der Waals surface area contributed by atoms with Crippen LogP contribution in [0.4, 0.5) is 4.39 Å². The first-order valence-corrected chi connectivity index (χ1v) is 8.63. The molecule has 0 radical (unpaired) electrons. The Bertz CT molecular complexity index is 957. The van der Waals surface area contributed by atoms with Gasteiger partial charge in [-0.05, 0) is 36.4 Å². The minimum absolute atomic E-state index is 0.0727. The van der Waals surface area contributed by atoms with Gasteiger partial charge in [-0.1, -0.05) is 24.3 Å². The van der Waals surface area contributed by atoms with E-state index in [0.717, 1.165) is 6.07 Å². The third-order valence-corrected chi connectivity index (χ3v) is 4.12. The Labute approximate surface area is 161 Å². The number of para-hydroxylation sites is 1. The van der Waals surface area contributed by atoms with Gasteiger partial charge in [0.2, 0.25) is 5.91 Å². The molecule has 1 aromatic heterocycles. The monoisotopic (exact) mass is 382 g/mol. The summed E-state index contributed by atoms with van der Waals surface area (Å²) in [5.74, 6) is -0.806. The summed E-state index contributed by atoms with van der Waals surface area (Å²) in [7, 11) is 0. The molecule has 0 bridgehead atoms. The summed E-state index contributed by atoms with van der Waals surface area (Å²) in [5, 5.41) is 12.5. The van der Waals surface area contributed by atoms with Crippen molar-refractivity contribution in [1.82, 2.24) is 10.2 Å². The van der Waals surface area contributed by atoms with E-state index in [2.05, 4.69) is 5.32 Å². The summed E-state index contributed by atoms with van der Waals surface area (Å²) in [5.41, 5.74) is 0.699. The molecule has 0 fully saturated rings. The minimum Gasteiger partial charge on any atom is -0.508 e. The van der Waals surface area contributed by atoms with E-state index in [1.54, 1.807) is 30.3 Å². The predicted molar refractivity (Wildman–Crippen MR) is 99.8 cm³/mol. The highest BCUT2D eigenvalue weighted by Crippen LogP contribution is 2.19. The lowest BCUT2D eigenvalue weighted by Gasteiger charge is -2.22. The van der Waals surface area contributed by atoms with E-state index in [1.165, 1.54) is 35.4 Å². The number of phenols is 1. The fourth-order valence-electron chi connectivity index (χ4n) is 2.67. The molecule has 28 heavy (non-hydrogen) atoms. The van der Waals surface area contributed by atoms with Crippen LogP contribution < -0.4 is 5.32 Å². The SMILES string of the molecule is O=C(NCC(=O)N(Cc1ccco1)Cc1ccccc1O)c1cccc(F)c1. The Morgan fingerprint density at radius 1 is 1.04 bits per heavy atom. The molecule has 0 spiro atoms. The molecule has 0 saturated carbocycles. The average Bonchev–Trinajstić information content (AvgIpc) is 3.20. The Kier molecular flexibility index (Phi) is 6.06. The second-order valence-electron chi connectivity index (χ2n) is 6.15. The van der Waals surface area contributed by atoms with Gasteiger partial charge < -0.3 is 19.7 Å². The van der Waals surface area contributed by atoms with Gasteiger partial charge in [-0.3, -0.25) is 9.59 Å². The molecule has 0 aliphatic rings. The highest BCUT2D eigenvalue weighted by molar-refractivity contribution is 5.96. The van der Waals surface area contributed by atoms with E-state index in [-0.39, 0.29) is 36.9 Å². The Hall–Kier alpha value is -3.61. The first-order valence-electron chi connectivity index (χ1n) is 8.63. The van der Waals surface area contributed by atoms with Gasteiger partial charge in [0.05, 0.1) is 19.4 Å². The molecule has 0 saturated heterocycles. The minimum atomic E-state index is -0.548. The number of carbonyl (C=O) groups excluding carboxylic acids is 2. The maximum Gasteiger partial charge on any atom is 0.251 e. The quantitative estimate of drug-likeness (QED) is 0.658. The maximum absolute atomic E-state index is 13.3. The van der Waals surface area contributed by atoms with E-state index < -0.39 is 11.7 Å². The largest absolute Gasteiger partial charge is 0.508 e. The first-order chi connectivity index (χ1) is 13.5. The van der Waals surface area contributed by atoms with Crippen molar-refractivity contribution in [2.75, 3.05) is 6.54 Å². The number of furan rings is 1. The number of rotatable bonds is 7. The van der Waals surface area contributed by atoms with Crippen LogP contribution in [0, 0.1) is 5.82 Å². The van der Waals surface area contributed by atoms with Gasteiger partial charge in [0.25, 0.3) is 5.91 Å². The van der Waals surface area contributed by atoms with Crippen LogP contribution in [0.1, 0.15) is 21.7 Å². The van der Waals surface area contributed by atoms with Crippen molar-refractivity contribution in [3.8, 4) is 5.75 Å². The number of phenolic OH excluding ortho intramolecular Hbond substituents is 1. The molecule has 2 aromatic carbocycles. The summed E-state index contributed by atoms with van der Waals surface area (Å²) >= 11 is 0. The fraction of sp³-hybridized carbons (Fsp3) is 0.143. The number of benzene rings is 2. The second kappa shape index (κ2) is 8.85. The molecule has 7 heteroatoms. The molecular formula is C21H19FN2O4. The molecule has 144 valence electrons. The van der Waals surface area contributed by atoms with E-state index in [1.807, 2.05) is 0 Å². The van der Waals surface area contributed by atoms with Crippen molar-refractivity contribution in [2.24, 2.45) is 0 Å². The van der Waals surface area contributed by atoms with E-state index in [9.17, 15) is 19.1 Å². The van der Waals surface area contributed by atoms with Crippen molar-refractivity contribution in [3.63, 3.8) is 0 Å². The van der Waals surface area contributed by atoms with E-state index in [4.69, 9.17) is 4.42 Å². The van der Waals surface area contributed by atoms with Crippen LogP contribution in [0.2, 0.25) is 0 Å². The molecular weight excluding hydrogens is 363 g/mol. The third-order valence-electron chi connectivity index (χ3n) is 4.12. The molecule has 3 rings (SSSR count). The van der Waals surface area contributed by atoms with Gasteiger partial charge >= 0.3 is 0 Å². The van der Waals surface area contributed by atoms with Gasteiger partial charge in [-0.2, -0.15) is 0 Å². The number of aromatic hydroxyl groups is 1. The third kappa shape index (κ3) is 4.97. The first kappa shape index (κ1) is 19.2. The number of hydrogen-bond acceptors (Lipinski definition) is 4. The summed E-state index contributed by atoms with van der Waals surface area (Å²) in [6, 6.07) is 15.4. The molecule has 1 heterocycles. The number of nitrogens with one attached hydrogen (secondary N) is 1. The lowest BCUT2D eigenvalue weighted by Crippen LogP contribution is -2.39. The van der Waals surface area contributed by atoms with E-state index in [0.29, 0.717) is 11.3 Å². The number of amides is 2. The van der Waals surface area contributed by atoms with Crippen LogP contribution in [0.5, 0.6) is 5.75 Å². The van der Waals surface area contributed by atoms with Crippen molar-refractivity contribution in [2.45, 2.75) is 13.1 Å². The smallest absolute Gasteiger partial charge is 0.251 e. The zero-order valence-electron chi connectivity index (χ0n) is 15.0. The topological polar surface area (TPSA) is 82.8 Å². The second-order valence-corrected chi connectivity index (χ2v) is 6.15. The van der Waals surface area contributed by atoms with Crippen LogP contribution in [0.15, 0.2) is 71.3 Å². The fourth-order valence-corrected chi connectivity index (χ4v) is 2.67. The predicted octanol–water partition coefficient (Wildman–Crippen LogP) is 3.08. The number of nitrogens with zero attached hydrogens (tertiary/aromatic N) is 1. The average molecular weight is 382 g/mol. The Morgan fingerprint density at radius 3 is 2.57 bits per heavy atom. The Morgan fingerprint density at radius 2 is 1.86 bits per heavy atom. The Balaban J connectivity index is 1.69. The van der Waals surface area contributed by atoms with Gasteiger partial charge in [0.1, 0.15) is 17.3 Å². The highest BCUT2D eigenvalue weighted by Gasteiger charge is 2.18. The van der Waals surface area contributed by atoms with Crippen LogP contribution in [-0.4, -0.2) is 28.4 Å².